The molecule has 4 rings (SSSR count). The molecule has 1 aromatic heterocycles. The van der Waals surface area contributed by atoms with Gasteiger partial charge in [-0.1, -0.05) is 59.1 Å². The highest BCUT2D eigenvalue weighted by atomic mass is 35.6. The second kappa shape index (κ2) is 5.81. The molecule has 24 heavy (non-hydrogen) atoms. The maximum Gasteiger partial charge on any atom is 0.400 e. The van der Waals surface area contributed by atoms with E-state index in [1.54, 1.807) is 0 Å². The number of oxazole rings is 1. The fourth-order valence-electron chi connectivity index (χ4n) is 2.62. The van der Waals surface area contributed by atoms with Crippen LogP contribution in [0.25, 0.3) is 11.1 Å². The molecule has 1 unspecified atom stereocenters. The number of benzene rings is 2. The fraction of sp³-hybridized carbons (Fsp3) is 0.235. The predicted molar refractivity (Wildman–Crippen MR) is 93.1 cm³/mol. The first-order valence-corrected chi connectivity index (χ1v) is 8.42. The summed E-state index contributed by atoms with van der Waals surface area (Å²) >= 11 is 17.8. The van der Waals surface area contributed by atoms with Crippen LogP contribution in [0.3, 0.4) is 0 Å². The van der Waals surface area contributed by atoms with Gasteiger partial charge in [-0.25, -0.2) is 0 Å². The van der Waals surface area contributed by atoms with Crippen molar-refractivity contribution < 1.29 is 13.9 Å². The molecule has 0 saturated carbocycles. The minimum absolute atomic E-state index is 0.181. The Kier molecular flexibility index (Phi) is 3.88. The first-order chi connectivity index (χ1) is 11.4. The summed E-state index contributed by atoms with van der Waals surface area (Å²) in [5, 5.41) is 0. The summed E-state index contributed by atoms with van der Waals surface area (Å²) in [5.41, 5.74) is 1.72. The molecule has 0 spiro atoms. The molecule has 1 aliphatic rings. The Balaban J connectivity index is 1.59. The Hall–Kier alpha value is -1.46. The average Bonchev–Trinajstić information content (AvgIpc) is 3.17. The van der Waals surface area contributed by atoms with Crippen LogP contribution in [0.1, 0.15) is 12.0 Å². The Morgan fingerprint density at radius 2 is 1.92 bits per heavy atom. The first kappa shape index (κ1) is 16.0. The highest BCUT2D eigenvalue weighted by molar-refractivity contribution is 6.67. The van der Waals surface area contributed by atoms with E-state index in [0.717, 1.165) is 11.1 Å². The Bertz CT molecular complexity index is 851. The lowest BCUT2D eigenvalue weighted by molar-refractivity contribution is 0.293. The summed E-state index contributed by atoms with van der Waals surface area (Å²) in [6.07, 6.45) is 0.456. The monoisotopic (exact) mass is 383 g/mol. The van der Waals surface area contributed by atoms with E-state index in [4.69, 9.17) is 48.7 Å². The van der Waals surface area contributed by atoms with Crippen molar-refractivity contribution >= 4 is 45.9 Å². The predicted octanol–water partition coefficient (Wildman–Crippen LogP) is 5.61. The molecule has 0 radical (unpaired) electrons. The van der Waals surface area contributed by atoms with Gasteiger partial charge < -0.3 is 13.9 Å². The number of nitrogens with zero attached hydrogens (tertiary/aromatic N) is 1. The van der Waals surface area contributed by atoms with Crippen LogP contribution < -0.4 is 4.74 Å². The third-order valence-electron chi connectivity index (χ3n) is 3.82. The second-order valence-electron chi connectivity index (χ2n) is 5.65. The van der Waals surface area contributed by atoms with E-state index in [2.05, 4.69) is 4.98 Å². The van der Waals surface area contributed by atoms with Crippen LogP contribution in [0.2, 0.25) is 0 Å². The maximum atomic E-state index is 5.92. The van der Waals surface area contributed by atoms with Gasteiger partial charge in [-0.15, -0.1) is 0 Å². The summed E-state index contributed by atoms with van der Waals surface area (Å²) < 4.78 is 15.5. The van der Waals surface area contributed by atoms with Crippen LogP contribution >= 0.6 is 34.8 Å². The molecule has 2 aromatic carbocycles. The van der Waals surface area contributed by atoms with Crippen LogP contribution in [0.4, 0.5) is 0 Å². The van der Waals surface area contributed by atoms with E-state index < -0.39 is 9.39 Å². The molecule has 1 aliphatic heterocycles. The number of ether oxygens (including phenoxy) is 2. The fourth-order valence-corrected chi connectivity index (χ4v) is 3.27. The third-order valence-corrected chi connectivity index (χ3v) is 4.22. The van der Waals surface area contributed by atoms with Gasteiger partial charge >= 0.3 is 6.08 Å². The molecule has 0 bridgehead atoms. The number of aromatic nitrogens is 1. The first-order valence-electron chi connectivity index (χ1n) is 7.28. The Morgan fingerprint density at radius 1 is 1.12 bits per heavy atom. The zero-order chi connectivity index (χ0) is 16.8. The largest absolute Gasteiger partial charge is 0.411 e. The van der Waals surface area contributed by atoms with Gasteiger partial charge in [0.2, 0.25) is 0 Å². The molecule has 2 heterocycles. The lowest BCUT2D eigenvalue weighted by atomic mass is 9.97. The van der Waals surface area contributed by atoms with Crippen molar-refractivity contribution in [3.05, 3.63) is 54.1 Å². The molecule has 3 aromatic rings. The highest BCUT2D eigenvalue weighted by Gasteiger charge is 2.51. The van der Waals surface area contributed by atoms with Crippen LogP contribution in [0, 0.1) is 0 Å². The van der Waals surface area contributed by atoms with Gasteiger partial charge in [0.05, 0.1) is 6.61 Å². The maximum absolute atomic E-state index is 5.92. The number of hydrogen-bond donors (Lipinski definition) is 0. The number of rotatable bonds is 4. The standard InChI is InChI=1S/C17H12Cl3NO3/c18-17(19,20)9-16(10-22-16)11-4-3-5-12(8-11)23-15-21-13-6-1-2-7-14(13)24-15/h1-8H,9-10H2. The SMILES string of the molecule is ClC(Cl)(Cl)CC1(c2cccc(Oc3nc4ccccc4o3)c2)CO1. The van der Waals surface area contributed by atoms with Gasteiger partial charge in [0.1, 0.15) is 16.9 Å². The zero-order valence-electron chi connectivity index (χ0n) is 12.3. The number of para-hydroxylation sites is 2. The number of hydrogen-bond acceptors (Lipinski definition) is 4. The molecule has 0 amide bonds. The second-order valence-corrected chi connectivity index (χ2v) is 8.17. The number of epoxide rings is 1. The van der Waals surface area contributed by atoms with Gasteiger partial charge in [0.15, 0.2) is 9.38 Å². The molecular formula is C17H12Cl3NO3. The average molecular weight is 385 g/mol. The molecule has 1 saturated heterocycles. The molecule has 7 heteroatoms. The van der Waals surface area contributed by atoms with Crippen molar-refractivity contribution in [2.75, 3.05) is 6.61 Å². The van der Waals surface area contributed by atoms with Crippen LogP contribution in [-0.4, -0.2) is 15.4 Å². The van der Waals surface area contributed by atoms with Crippen molar-refractivity contribution in [3.63, 3.8) is 0 Å². The van der Waals surface area contributed by atoms with Crippen molar-refractivity contribution in [1.29, 1.82) is 0 Å². The normalized spacial score (nSPS) is 20.3. The van der Waals surface area contributed by atoms with Crippen molar-refractivity contribution in [2.24, 2.45) is 0 Å². The van der Waals surface area contributed by atoms with E-state index in [0.29, 0.717) is 17.9 Å². The summed E-state index contributed by atoms with van der Waals surface area (Å²) in [4.78, 5) is 4.29. The van der Waals surface area contributed by atoms with E-state index in [9.17, 15) is 0 Å². The molecule has 124 valence electrons. The topological polar surface area (TPSA) is 47.8 Å². The number of fused-ring (bicyclic) bond motifs is 1. The van der Waals surface area contributed by atoms with Crippen molar-refractivity contribution in [1.82, 2.24) is 4.98 Å². The lowest BCUT2D eigenvalue weighted by Gasteiger charge is -2.18. The van der Waals surface area contributed by atoms with Gasteiger partial charge in [-0.2, -0.15) is 4.98 Å². The van der Waals surface area contributed by atoms with Crippen LogP contribution in [0.15, 0.2) is 52.9 Å². The summed E-state index contributed by atoms with van der Waals surface area (Å²) in [6.45, 7) is 0.507. The number of halogens is 3. The van der Waals surface area contributed by atoms with E-state index in [1.807, 2.05) is 48.5 Å². The van der Waals surface area contributed by atoms with E-state index in [-0.39, 0.29) is 12.5 Å². The molecule has 4 nitrogen and oxygen atoms in total. The van der Waals surface area contributed by atoms with Crippen molar-refractivity contribution in [3.8, 4) is 11.8 Å². The van der Waals surface area contributed by atoms with Crippen LogP contribution in [-0.2, 0) is 10.3 Å². The lowest BCUT2D eigenvalue weighted by Crippen LogP contribution is -2.18. The van der Waals surface area contributed by atoms with Gasteiger partial charge in [0.25, 0.3) is 0 Å². The highest BCUT2D eigenvalue weighted by Crippen LogP contribution is 2.50. The third kappa shape index (κ3) is 3.33. The minimum Gasteiger partial charge on any atom is -0.411 e. The molecule has 0 aliphatic carbocycles. The Labute approximate surface area is 153 Å². The summed E-state index contributed by atoms with van der Waals surface area (Å²) in [6, 6.07) is 14.9. The Morgan fingerprint density at radius 3 is 2.62 bits per heavy atom. The molecule has 1 fully saturated rings. The minimum atomic E-state index is -1.38. The zero-order valence-corrected chi connectivity index (χ0v) is 14.6. The summed E-state index contributed by atoms with van der Waals surface area (Å²) in [5.74, 6) is 0.582. The van der Waals surface area contributed by atoms with Gasteiger partial charge in [-0.3, -0.25) is 0 Å². The van der Waals surface area contributed by atoms with E-state index in [1.165, 1.54) is 0 Å². The van der Waals surface area contributed by atoms with Crippen molar-refractivity contribution in [2.45, 2.75) is 15.8 Å². The van der Waals surface area contributed by atoms with Gasteiger partial charge in [0, 0.05) is 6.42 Å². The van der Waals surface area contributed by atoms with Crippen LogP contribution in [0.5, 0.6) is 11.8 Å². The number of alkyl halides is 3. The molecule has 1 atom stereocenters. The molecular weight excluding hydrogens is 373 g/mol. The van der Waals surface area contributed by atoms with Gasteiger partial charge in [-0.05, 0) is 29.8 Å². The molecule has 0 N–H and O–H groups in total. The van der Waals surface area contributed by atoms with E-state index >= 15 is 0 Å². The quantitative estimate of drug-likeness (QED) is 0.433. The smallest absolute Gasteiger partial charge is 0.400 e. The summed E-state index contributed by atoms with van der Waals surface area (Å²) in [7, 11) is 0.